The van der Waals surface area contributed by atoms with Gasteiger partial charge in [-0.15, -0.1) is 0 Å². The molecule has 0 fully saturated rings. The molecular weight excluding hydrogens is 290 g/mol. The summed E-state index contributed by atoms with van der Waals surface area (Å²) in [5.41, 5.74) is 2.72. The summed E-state index contributed by atoms with van der Waals surface area (Å²) in [6.07, 6.45) is 1.76. The van der Waals surface area contributed by atoms with E-state index < -0.39 is 0 Å². The van der Waals surface area contributed by atoms with Crippen LogP contribution in [0.15, 0.2) is 59.2 Å². The summed E-state index contributed by atoms with van der Waals surface area (Å²) in [5, 5.41) is 11.0. The second kappa shape index (κ2) is 4.42. The second-order valence-electron chi connectivity index (χ2n) is 4.04. The molecule has 2 nitrogen and oxygen atoms in total. The zero-order chi connectivity index (χ0) is 12.5. The van der Waals surface area contributed by atoms with E-state index in [1.54, 1.807) is 12.3 Å². The van der Waals surface area contributed by atoms with Crippen LogP contribution >= 0.6 is 15.9 Å². The molecule has 0 unspecified atom stereocenters. The molecule has 0 aliphatic carbocycles. The molecule has 0 saturated carbocycles. The lowest BCUT2D eigenvalue weighted by molar-refractivity contribution is 0.477. The van der Waals surface area contributed by atoms with Crippen LogP contribution in [-0.4, -0.2) is 10.1 Å². The van der Waals surface area contributed by atoms with Crippen LogP contribution in [0.1, 0.15) is 0 Å². The minimum atomic E-state index is 0.282. The Labute approximate surface area is 113 Å². The van der Waals surface area contributed by atoms with Gasteiger partial charge in [0.1, 0.15) is 5.75 Å². The summed E-state index contributed by atoms with van der Waals surface area (Å²) in [6.45, 7) is 0. The van der Waals surface area contributed by atoms with E-state index in [4.69, 9.17) is 0 Å². The van der Waals surface area contributed by atoms with Crippen molar-refractivity contribution in [1.29, 1.82) is 0 Å². The summed E-state index contributed by atoms with van der Waals surface area (Å²) >= 11 is 3.47. The molecule has 0 aliphatic heterocycles. The number of hydrogen-bond donors (Lipinski definition) is 1. The molecule has 88 valence electrons. The first kappa shape index (κ1) is 11.2. The third-order valence-corrected chi connectivity index (χ3v) is 3.39. The molecule has 0 bridgehead atoms. The van der Waals surface area contributed by atoms with Gasteiger partial charge in [0.05, 0.1) is 5.52 Å². The van der Waals surface area contributed by atoms with Gasteiger partial charge in [0.2, 0.25) is 0 Å². The summed E-state index contributed by atoms with van der Waals surface area (Å²) in [6, 6.07) is 15.2. The molecule has 1 N–H and O–H groups in total. The van der Waals surface area contributed by atoms with Crippen molar-refractivity contribution in [3.05, 3.63) is 59.2 Å². The Balaban J connectivity index is 2.36. The van der Waals surface area contributed by atoms with E-state index in [9.17, 15) is 5.11 Å². The first-order valence-electron chi connectivity index (χ1n) is 5.58. The first-order valence-corrected chi connectivity index (χ1v) is 6.37. The lowest BCUT2D eigenvalue weighted by Gasteiger charge is -2.08. The number of para-hydroxylation sites is 1. The lowest BCUT2D eigenvalue weighted by atomic mass is 10.0. The Kier molecular flexibility index (Phi) is 2.76. The predicted molar refractivity (Wildman–Crippen MR) is 76.5 cm³/mol. The van der Waals surface area contributed by atoms with Crippen LogP contribution in [0.3, 0.4) is 0 Å². The van der Waals surface area contributed by atoms with Crippen LogP contribution in [0.2, 0.25) is 0 Å². The van der Waals surface area contributed by atoms with Crippen molar-refractivity contribution >= 4 is 26.8 Å². The van der Waals surface area contributed by atoms with Crippen molar-refractivity contribution in [3.63, 3.8) is 0 Å². The Hall–Kier alpha value is -1.87. The number of rotatable bonds is 1. The summed E-state index contributed by atoms with van der Waals surface area (Å²) < 4.78 is 1.000. The number of aromatic hydroxyl groups is 1. The van der Waals surface area contributed by atoms with Crippen LogP contribution in [0, 0.1) is 0 Å². The number of fused-ring (bicyclic) bond motifs is 1. The number of aromatic nitrogens is 1. The van der Waals surface area contributed by atoms with Crippen LogP contribution in [0.25, 0.3) is 22.0 Å². The second-order valence-corrected chi connectivity index (χ2v) is 4.95. The summed E-state index contributed by atoms with van der Waals surface area (Å²) in [4.78, 5) is 4.34. The standard InChI is InChI=1S/C15H10BrNO/c16-10-5-6-14-13(9-10)11(7-8-17-14)12-3-1-2-4-15(12)18/h1-9,18H. The van der Waals surface area contributed by atoms with Gasteiger partial charge in [0.15, 0.2) is 0 Å². The van der Waals surface area contributed by atoms with Crippen molar-refractivity contribution in [1.82, 2.24) is 4.98 Å². The molecule has 0 radical (unpaired) electrons. The number of halogens is 1. The highest BCUT2D eigenvalue weighted by Gasteiger charge is 2.08. The lowest BCUT2D eigenvalue weighted by Crippen LogP contribution is -1.85. The van der Waals surface area contributed by atoms with E-state index in [0.717, 1.165) is 26.5 Å². The van der Waals surface area contributed by atoms with Crippen molar-refractivity contribution in [2.24, 2.45) is 0 Å². The topological polar surface area (TPSA) is 33.1 Å². The molecule has 0 saturated heterocycles. The zero-order valence-electron chi connectivity index (χ0n) is 9.47. The molecule has 18 heavy (non-hydrogen) atoms. The minimum absolute atomic E-state index is 0.282. The molecule has 0 amide bonds. The third-order valence-electron chi connectivity index (χ3n) is 2.90. The van der Waals surface area contributed by atoms with Gasteiger partial charge >= 0.3 is 0 Å². The molecule has 0 atom stereocenters. The highest BCUT2D eigenvalue weighted by molar-refractivity contribution is 9.10. The van der Waals surface area contributed by atoms with Crippen LogP contribution < -0.4 is 0 Å². The largest absolute Gasteiger partial charge is 0.507 e. The van der Waals surface area contributed by atoms with E-state index in [2.05, 4.69) is 20.9 Å². The maximum Gasteiger partial charge on any atom is 0.123 e. The number of pyridine rings is 1. The van der Waals surface area contributed by atoms with Crippen molar-refractivity contribution in [3.8, 4) is 16.9 Å². The van der Waals surface area contributed by atoms with Gasteiger partial charge < -0.3 is 5.11 Å². The fourth-order valence-electron chi connectivity index (χ4n) is 2.05. The number of benzene rings is 2. The number of hydrogen-bond acceptors (Lipinski definition) is 2. The summed E-state index contributed by atoms with van der Waals surface area (Å²) in [5.74, 6) is 0.282. The molecule has 3 heteroatoms. The van der Waals surface area contributed by atoms with Crippen LogP contribution in [-0.2, 0) is 0 Å². The van der Waals surface area contributed by atoms with Gasteiger partial charge in [0, 0.05) is 21.6 Å². The number of nitrogens with zero attached hydrogens (tertiary/aromatic N) is 1. The molecule has 0 aliphatic rings. The molecule has 2 aromatic carbocycles. The highest BCUT2D eigenvalue weighted by atomic mass is 79.9. The van der Waals surface area contributed by atoms with E-state index in [0.29, 0.717) is 0 Å². The predicted octanol–water partition coefficient (Wildman–Crippen LogP) is 4.37. The molecule has 1 heterocycles. The molecule has 3 rings (SSSR count). The van der Waals surface area contributed by atoms with Gasteiger partial charge in [-0.1, -0.05) is 34.1 Å². The number of phenolic OH excluding ortho intramolecular Hbond substituents is 1. The van der Waals surface area contributed by atoms with E-state index in [1.165, 1.54) is 0 Å². The van der Waals surface area contributed by atoms with Gasteiger partial charge in [-0.05, 0) is 35.9 Å². The van der Waals surface area contributed by atoms with Gasteiger partial charge in [-0.3, -0.25) is 4.98 Å². The van der Waals surface area contributed by atoms with Gasteiger partial charge in [0.25, 0.3) is 0 Å². The molecular formula is C15H10BrNO. The SMILES string of the molecule is Oc1ccccc1-c1ccnc2ccc(Br)cc12. The maximum absolute atomic E-state index is 9.96. The fraction of sp³-hybridized carbons (Fsp3) is 0. The minimum Gasteiger partial charge on any atom is -0.507 e. The monoisotopic (exact) mass is 299 g/mol. The average molecular weight is 300 g/mol. The average Bonchev–Trinajstić information content (AvgIpc) is 2.39. The Bertz CT molecular complexity index is 725. The highest BCUT2D eigenvalue weighted by Crippen LogP contribution is 2.34. The van der Waals surface area contributed by atoms with E-state index in [-0.39, 0.29) is 5.75 Å². The van der Waals surface area contributed by atoms with Gasteiger partial charge in [-0.25, -0.2) is 0 Å². The Morgan fingerprint density at radius 3 is 2.61 bits per heavy atom. The van der Waals surface area contributed by atoms with Crippen molar-refractivity contribution in [2.75, 3.05) is 0 Å². The molecule has 3 aromatic rings. The van der Waals surface area contributed by atoms with Crippen LogP contribution in [0.5, 0.6) is 5.75 Å². The maximum atomic E-state index is 9.96. The quantitative estimate of drug-likeness (QED) is 0.724. The first-order chi connectivity index (χ1) is 8.75. The fourth-order valence-corrected chi connectivity index (χ4v) is 2.42. The molecule has 0 spiro atoms. The van der Waals surface area contributed by atoms with Crippen LogP contribution in [0.4, 0.5) is 0 Å². The molecule has 1 aromatic heterocycles. The normalized spacial score (nSPS) is 10.7. The van der Waals surface area contributed by atoms with Gasteiger partial charge in [-0.2, -0.15) is 0 Å². The van der Waals surface area contributed by atoms with E-state index in [1.807, 2.05) is 42.5 Å². The Morgan fingerprint density at radius 2 is 1.78 bits per heavy atom. The van der Waals surface area contributed by atoms with E-state index >= 15 is 0 Å². The van der Waals surface area contributed by atoms with Crippen molar-refractivity contribution < 1.29 is 5.11 Å². The smallest absolute Gasteiger partial charge is 0.123 e. The number of phenols is 1. The Morgan fingerprint density at radius 1 is 0.944 bits per heavy atom. The third kappa shape index (κ3) is 1.87. The summed E-state index contributed by atoms with van der Waals surface area (Å²) in [7, 11) is 0. The zero-order valence-corrected chi connectivity index (χ0v) is 11.1. The van der Waals surface area contributed by atoms with Crippen molar-refractivity contribution in [2.45, 2.75) is 0 Å².